The molecule has 12 aromatic heterocycles. The number of hydrogen-bond acceptors (Lipinski definition) is 12. The Labute approximate surface area is 731 Å². The van der Waals surface area contributed by atoms with Crippen LogP contribution in [0.2, 0.25) is 0 Å². The summed E-state index contributed by atoms with van der Waals surface area (Å²) in [6, 6.07) is 70.0. The molecule has 24 heteroatoms. The Morgan fingerprint density at radius 1 is 0.259 bits per heavy atom. The van der Waals surface area contributed by atoms with E-state index in [0.717, 1.165) is 92.8 Å². The third kappa shape index (κ3) is 24.7. The van der Waals surface area contributed by atoms with Crippen molar-refractivity contribution in [2.75, 3.05) is 0 Å². The van der Waals surface area contributed by atoms with Gasteiger partial charge in [-0.25, -0.2) is 17.6 Å². The Kier molecular flexibility index (Phi) is 44.5. The van der Waals surface area contributed by atoms with Gasteiger partial charge >= 0.3 is 0 Å². The van der Waals surface area contributed by atoms with E-state index in [4.69, 9.17) is 0 Å². The van der Waals surface area contributed by atoms with E-state index in [-0.39, 0.29) is 177 Å². The molecule has 18 rings (SSSR count). The third-order valence-corrected chi connectivity index (χ3v) is 19.8. The number of aromatic nitrogens is 6. The number of fused-ring (bicyclic) bond motifs is 6. The summed E-state index contributed by atoms with van der Waals surface area (Å²) in [6.07, 6.45) is 10.5. The van der Waals surface area contributed by atoms with Gasteiger partial charge in [0.2, 0.25) is 0 Å². The van der Waals surface area contributed by atoms with Crippen molar-refractivity contribution in [1.82, 2.24) is 29.9 Å². The molecule has 0 N–H and O–H groups in total. The first kappa shape index (κ1) is 99.5. The van der Waals surface area contributed by atoms with Crippen molar-refractivity contribution in [3.63, 3.8) is 0 Å². The van der Waals surface area contributed by atoms with E-state index in [0.29, 0.717) is 22.5 Å². The number of thiophene rings is 6. The van der Waals surface area contributed by atoms with Crippen molar-refractivity contribution in [3.8, 4) is 67.5 Å². The van der Waals surface area contributed by atoms with Crippen molar-refractivity contribution >= 4 is 129 Å². The summed E-state index contributed by atoms with van der Waals surface area (Å²) < 4.78 is 84.9. The summed E-state index contributed by atoms with van der Waals surface area (Å²) >= 11 is 9.83. The quantitative estimate of drug-likeness (QED) is 0.122. The molecular formula is C84H66F6Ir6N6S6-6. The Balaban J connectivity index is 0.000000634. The molecule has 6 radical (unpaired) electrons. The molecule has 0 fully saturated rings. The van der Waals surface area contributed by atoms with E-state index in [1.54, 1.807) is 93.6 Å². The number of benzene rings is 6. The van der Waals surface area contributed by atoms with Crippen LogP contribution in [0.25, 0.3) is 128 Å². The van der Waals surface area contributed by atoms with E-state index in [9.17, 15) is 26.3 Å². The van der Waals surface area contributed by atoms with Crippen molar-refractivity contribution in [2.24, 2.45) is 0 Å². The van der Waals surface area contributed by atoms with Crippen LogP contribution in [0.3, 0.4) is 0 Å². The van der Waals surface area contributed by atoms with Crippen LogP contribution >= 0.6 is 68.0 Å². The summed E-state index contributed by atoms with van der Waals surface area (Å²) in [5.74, 6) is -3.22. The van der Waals surface area contributed by atoms with Gasteiger partial charge in [-0.15, -0.1) is 201 Å². The first-order chi connectivity index (χ1) is 47.1. The zero-order chi connectivity index (χ0) is 65.7. The summed E-state index contributed by atoms with van der Waals surface area (Å²) in [4.78, 5) is 25.9. The maximum absolute atomic E-state index is 13.2. The van der Waals surface area contributed by atoms with Gasteiger partial charge in [-0.2, -0.15) is 34.0 Å². The van der Waals surface area contributed by atoms with Crippen LogP contribution in [-0.2, 0) is 121 Å². The van der Waals surface area contributed by atoms with E-state index in [1.807, 2.05) is 137 Å². The SMILES string of the molecule is C.C.C.C.C.C.Fc1[c-]c(-c2nccc3ccsc23)cc(F)c1.Fc1[c-]c(-c2nccc3sccc23)cc(F)c1.Fc1c[c-]c(-c2nccc3ccsc23)cc1.Fc1c[c-]c(-c2nccc3sccc23)cc1.[Ir].[Ir].[Ir].[Ir].[Ir].[Ir].[c-]1ccccc1-c1nccc2ccsc12.[c-]1ccccc1-c1nccc2sccc12. The second-order valence-electron chi connectivity index (χ2n) is 20.5. The van der Waals surface area contributed by atoms with Crippen molar-refractivity contribution < 1.29 is 147 Å². The van der Waals surface area contributed by atoms with Gasteiger partial charge in [-0.1, -0.05) is 74.9 Å². The van der Waals surface area contributed by atoms with E-state index in [1.165, 1.54) is 72.6 Å². The largest absolute Gasteiger partial charge is 0.304 e. The van der Waals surface area contributed by atoms with Gasteiger partial charge in [0.05, 0.1) is 0 Å². The topological polar surface area (TPSA) is 77.3 Å². The predicted octanol–water partition coefficient (Wildman–Crippen LogP) is 27.2. The molecule has 570 valence electrons. The van der Waals surface area contributed by atoms with Gasteiger partial charge in [0.1, 0.15) is 0 Å². The zero-order valence-electron chi connectivity index (χ0n) is 51.6. The molecule has 0 atom stereocenters. The van der Waals surface area contributed by atoms with Gasteiger partial charge in [0.25, 0.3) is 0 Å². The van der Waals surface area contributed by atoms with Crippen LogP contribution < -0.4 is 0 Å². The molecule has 6 aromatic carbocycles. The molecular weight excluding hydrogens is 2550 g/mol. The monoisotopic (exact) mass is 2620 g/mol. The van der Waals surface area contributed by atoms with Gasteiger partial charge in [0, 0.05) is 238 Å². The molecule has 0 saturated carbocycles. The molecule has 0 amide bonds. The maximum atomic E-state index is 13.2. The van der Waals surface area contributed by atoms with Gasteiger partial charge in [-0.3, -0.25) is 8.78 Å². The van der Waals surface area contributed by atoms with Crippen molar-refractivity contribution in [3.05, 3.63) is 323 Å². The predicted molar refractivity (Wildman–Crippen MR) is 423 cm³/mol. The molecule has 0 saturated heterocycles. The van der Waals surface area contributed by atoms with Gasteiger partial charge in [-0.05, 0) is 136 Å². The fraction of sp³-hybridized carbons (Fsp3) is 0.0714. The smallest absolute Gasteiger partial charge is 0.0446 e. The first-order valence-corrected chi connectivity index (χ1v) is 34.3. The van der Waals surface area contributed by atoms with Crippen molar-refractivity contribution in [1.29, 1.82) is 0 Å². The number of hydrogen-bond donors (Lipinski definition) is 0. The van der Waals surface area contributed by atoms with Crippen LogP contribution in [0.5, 0.6) is 0 Å². The molecule has 6 nitrogen and oxygen atoms in total. The minimum Gasteiger partial charge on any atom is -0.304 e. The average molecular weight is 2620 g/mol. The van der Waals surface area contributed by atoms with Gasteiger partial charge < -0.3 is 29.9 Å². The Hall–Kier alpha value is -6.54. The minimum absolute atomic E-state index is 0. The normalized spacial score (nSPS) is 9.61. The number of rotatable bonds is 6. The van der Waals surface area contributed by atoms with E-state index in [2.05, 4.69) is 95.3 Å². The molecule has 0 spiro atoms. The fourth-order valence-electron chi connectivity index (χ4n) is 10.0. The van der Waals surface area contributed by atoms with E-state index >= 15 is 0 Å². The molecule has 0 bridgehead atoms. The van der Waals surface area contributed by atoms with Crippen LogP contribution in [0.1, 0.15) is 44.6 Å². The van der Waals surface area contributed by atoms with Crippen LogP contribution in [-0.4, -0.2) is 29.9 Å². The minimum atomic E-state index is -0.714. The number of halogens is 6. The molecule has 0 aliphatic carbocycles. The standard InChI is InChI=1S/2C13H6F2NS.2C13H7FNS.2C13H8NS.6CH4.6Ir/c14-9-5-8(6-10(15)7-9)13-11-2-4-17-12(11)1-3-16-13;14-10-5-9(6-11(15)7-10)12-13-8(1-3-16-12)2-4-17-13;14-11-3-1-9(2-4-11)12-13-10(5-7-15-12)6-8-16-13;14-10-3-1-9(2-4-10)13-11-6-8-16-12(11)5-7-15-13;1-2-4-10(5-3-1)13-11-7-9-15-12(11)6-8-14-13;1-2-4-10(5-3-1)12-13-11(6-8-14-12)7-9-15-13;;;;;;;;;;;;/h2*1-5,7H;2*1,3-8H;2*1-4,6-9H;6*1H4;;;;;;/q6*-1;;;;;;;;;;;;. The molecule has 18 aromatic rings. The second-order valence-corrected chi connectivity index (χ2v) is 26.1. The molecule has 0 aliphatic heterocycles. The Morgan fingerprint density at radius 2 is 0.556 bits per heavy atom. The molecule has 108 heavy (non-hydrogen) atoms. The summed E-state index contributed by atoms with van der Waals surface area (Å²) in [5.41, 5.74) is 9.36. The number of pyridine rings is 6. The fourth-order valence-corrected chi connectivity index (χ4v) is 15.1. The molecule has 12 heterocycles. The van der Waals surface area contributed by atoms with Crippen LogP contribution in [0.4, 0.5) is 26.3 Å². The Morgan fingerprint density at radius 3 is 0.889 bits per heavy atom. The maximum Gasteiger partial charge on any atom is 0.0446 e. The van der Waals surface area contributed by atoms with Gasteiger partial charge in [0.15, 0.2) is 0 Å². The summed E-state index contributed by atoms with van der Waals surface area (Å²) in [5, 5.41) is 18.7. The summed E-state index contributed by atoms with van der Waals surface area (Å²) in [6.45, 7) is 0. The van der Waals surface area contributed by atoms with Crippen LogP contribution in [0, 0.1) is 71.3 Å². The molecule has 0 unspecified atom stereocenters. The zero-order valence-corrected chi connectivity index (χ0v) is 70.9. The summed E-state index contributed by atoms with van der Waals surface area (Å²) in [7, 11) is 0. The second kappa shape index (κ2) is 48.3. The Bertz CT molecular complexity index is 5250. The average Bonchev–Trinajstić information content (AvgIpc) is 1.51. The molecule has 0 aliphatic rings. The van der Waals surface area contributed by atoms with Crippen LogP contribution in [0.15, 0.2) is 251 Å². The first-order valence-electron chi connectivity index (χ1n) is 29.1. The van der Waals surface area contributed by atoms with E-state index < -0.39 is 23.3 Å². The number of nitrogens with zero attached hydrogens (tertiary/aromatic N) is 6. The third-order valence-electron chi connectivity index (χ3n) is 14.3. The van der Waals surface area contributed by atoms with Crippen molar-refractivity contribution in [2.45, 2.75) is 44.6 Å².